The smallest absolute Gasteiger partial charge is 0.264 e. The van der Waals surface area contributed by atoms with E-state index in [0.29, 0.717) is 10.6 Å². The van der Waals surface area contributed by atoms with Gasteiger partial charge in [0.1, 0.15) is 12.6 Å². The van der Waals surface area contributed by atoms with Crippen molar-refractivity contribution in [2.45, 2.75) is 24.4 Å². The third-order valence-electron chi connectivity index (χ3n) is 5.47. The van der Waals surface area contributed by atoms with Gasteiger partial charge in [-0.2, -0.15) is 0 Å². The molecule has 0 fully saturated rings. The molecular formula is C25H24Cl3N3O4S. The molecule has 0 radical (unpaired) electrons. The SMILES string of the molecule is CNC(=O)[C@@H](C)N(Cc1cccc(Cl)c1)C(=O)CN(c1cccc(Cl)c1Cl)S(=O)(=O)c1ccccc1. The zero-order valence-corrected chi connectivity index (χ0v) is 22.6. The number of hydrogen-bond acceptors (Lipinski definition) is 4. The third kappa shape index (κ3) is 6.31. The van der Waals surface area contributed by atoms with E-state index in [0.717, 1.165) is 4.31 Å². The van der Waals surface area contributed by atoms with Crippen LogP contribution in [0.4, 0.5) is 5.69 Å². The second kappa shape index (κ2) is 12.0. The topological polar surface area (TPSA) is 86.8 Å². The first-order valence-electron chi connectivity index (χ1n) is 10.8. The van der Waals surface area contributed by atoms with Crippen LogP contribution >= 0.6 is 34.8 Å². The van der Waals surface area contributed by atoms with Crippen LogP contribution in [0.25, 0.3) is 0 Å². The summed E-state index contributed by atoms with van der Waals surface area (Å²) in [4.78, 5) is 27.4. The Bertz CT molecular complexity index is 1350. The summed E-state index contributed by atoms with van der Waals surface area (Å²) < 4.78 is 28.3. The maximum atomic E-state index is 13.7. The highest BCUT2D eigenvalue weighted by molar-refractivity contribution is 7.92. The summed E-state index contributed by atoms with van der Waals surface area (Å²) in [5.74, 6) is -1.04. The molecule has 190 valence electrons. The van der Waals surface area contributed by atoms with Gasteiger partial charge >= 0.3 is 0 Å². The van der Waals surface area contributed by atoms with Crippen LogP contribution < -0.4 is 9.62 Å². The van der Waals surface area contributed by atoms with E-state index >= 15 is 0 Å². The number of amides is 2. The van der Waals surface area contributed by atoms with Crippen LogP contribution in [0.2, 0.25) is 15.1 Å². The Morgan fingerprint density at radius 3 is 2.25 bits per heavy atom. The lowest BCUT2D eigenvalue weighted by molar-refractivity contribution is -0.139. The van der Waals surface area contributed by atoms with E-state index in [4.69, 9.17) is 34.8 Å². The minimum absolute atomic E-state index is 0.0211. The van der Waals surface area contributed by atoms with Crippen LogP contribution in [0.5, 0.6) is 0 Å². The number of carbonyl (C=O) groups excluding carboxylic acids is 2. The van der Waals surface area contributed by atoms with Crippen molar-refractivity contribution in [2.75, 3.05) is 17.9 Å². The fourth-order valence-corrected chi connectivity index (χ4v) is 5.65. The summed E-state index contributed by atoms with van der Waals surface area (Å²) in [6.45, 7) is 0.958. The molecule has 3 aromatic carbocycles. The number of hydrogen-bond donors (Lipinski definition) is 1. The minimum Gasteiger partial charge on any atom is -0.357 e. The van der Waals surface area contributed by atoms with Crippen molar-refractivity contribution in [3.63, 3.8) is 0 Å². The van der Waals surface area contributed by atoms with Gasteiger partial charge in [-0.15, -0.1) is 0 Å². The van der Waals surface area contributed by atoms with Crippen molar-refractivity contribution in [2.24, 2.45) is 0 Å². The summed E-state index contributed by atoms with van der Waals surface area (Å²) in [7, 11) is -2.77. The molecule has 3 rings (SSSR count). The molecule has 0 unspecified atom stereocenters. The Hall–Kier alpha value is -2.78. The molecule has 0 aliphatic rings. The molecule has 0 bridgehead atoms. The highest BCUT2D eigenvalue weighted by Gasteiger charge is 2.33. The Morgan fingerprint density at radius 1 is 0.944 bits per heavy atom. The quantitative estimate of drug-likeness (QED) is 0.393. The van der Waals surface area contributed by atoms with Gasteiger partial charge in [-0.25, -0.2) is 8.42 Å². The first-order valence-corrected chi connectivity index (χ1v) is 13.4. The van der Waals surface area contributed by atoms with E-state index in [1.165, 1.54) is 36.2 Å². The van der Waals surface area contributed by atoms with Gasteiger partial charge in [0.15, 0.2) is 0 Å². The highest BCUT2D eigenvalue weighted by atomic mass is 35.5. The molecule has 0 saturated carbocycles. The molecule has 1 atom stereocenters. The normalized spacial score (nSPS) is 12.0. The standard InChI is InChI=1S/C25H24Cl3N3O4S/c1-17(25(33)29-2)30(15-18-8-6-9-19(26)14-18)23(32)16-31(22-13-7-12-21(27)24(22)28)36(34,35)20-10-4-3-5-11-20/h3-14,17H,15-16H2,1-2H3,(H,29,33)/t17-/m1/s1. The maximum absolute atomic E-state index is 13.7. The molecule has 7 nitrogen and oxygen atoms in total. The van der Waals surface area contributed by atoms with Gasteiger partial charge in [-0.3, -0.25) is 13.9 Å². The molecule has 2 amide bonds. The monoisotopic (exact) mass is 567 g/mol. The average molecular weight is 569 g/mol. The van der Waals surface area contributed by atoms with Crippen molar-refractivity contribution < 1.29 is 18.0 Å². The lowest BCUT2D eigenvalue weighted by atomic mass is 10.1. The van der Waals surface area contributed by atoms with Crippen molar-refractivity contribution in [3.8, 4) is 0 Å². The molecular weight excluding hydrogens is 545 g/mol. The second-order valence-electron chi connectivity index (χ2n) is 7.84. The summed E-state index contributed by atoms with van der Waals surface area (Å²) >= 11 is 18.7. The van der Waals surface area contributed by atoms with Crippen molar-refractivity contribution in [1.29, 1.82) is 0 Å². The van der Waals surface area contributed by atoms with Gasteiger partial charge in [0.2, 0.25) is 11.8 Å². The van der Waals surface area contributed by atoms with E-state index in [1.807, 2.05) is 0 Å². The Morgan fingerprint density at radius 2 is 1.61 bits per heavy atom. The van der Waals surface area contributed by atoms with Gasteiger partial charge in [0.05, 0.1) is 20.6 Å². The zero-order valence-electron chi connectivity index (χ0n) is 19.5. The molecule has 0 aliphatic carbocycles. The Balaban J connectivity index is 2.07. The first-order chi connectivity index (χ1) is 17.1. The molecule has 1 N–H and O–H groups in total. The van der Waals surface area contributed by atoms with E-state index in [9.17, 15) is 18.0 Å². The van der Waals surface area contributed by atoms with Crippen LogP contribution in [-0.4, -0.2) is 44.8 Å². The summed E-state index contributed by atoms with van der Waals surface area (Å²) in [5.41, 5.74) is 0.710. The number of rotatable bonds is 9. The number of carbonyl (C=O) groups is 2. The number of sulfonamides is 1. The fraction of sp³-hybridized carbons (Fsp3) is 0.200. The Kier molecular flexibility index (Phi) is 9.24. The van der Waals surface area contributed by atoms with Crippen molar-refractivity contribution in [1.82, 2.24) is 10.2 Å². The maximum Gasteiger partial charge on any atom is 0.264 e. The largest absolute Gasteiger partial charge is 0.357 e. The highest BCUT2D eigenvalue weighted by Crippen LogP contribution is 2.35. The van der Waals surface area contributed by atoms with E-state index in [2.05, 4.69) is 5.32 Å². The van der Waals surface area contributed by atoms with Crippen LogP contribution in [0.3, 0.4) is 0 Å². The van der Waals surface area contributed by atoms with E-state index < -0.39 is 34.4 Å². The summed E-state index contributed by atoms with van der Waals surface area (Å²) in [6, 6.07) is 18.1. The number of anilines is 1. The molecule has 11 heteroatoms. The van der Waals surface area contributed by atoms with Gasteiger partial charge < -0.3 is 10.2 Å². The minimum atomic E-state index is -4.23. The lowest BCUT2D eigenvalue weighted by Crippen LogP contribution is -2.50. The zero-order chi connectivity index (χ0) is 26.5. The number of nitrogens with one attached hydrogen (secondary N) is 1. The van der Waals surface area contributed by atoms with Gasteiger partial charge in [-0.1, -0.05) is 71.2 Å². The van der Waals surface area contributed by atoms with Crippen molar-refractivity contribution in [3.05, 3.63) is 93.4 Å². The number of halogens is 3. The molecule has 36 heavy (non-hydrogen) atoms. The molecule has 0 aliphatic heterocycles. The third-order valence-corrected chi connectivity index (χ3v) is 8.28. The second-order valence-corrected chi connectivity index (χ2v) is 10.9. The number of likely N-dealkylation sites (N-methyl/N-ethyl adjacent to an activating group) is 1. The fourth-order valence-electron chi connectivity index (χ4n) is 3.54. The van der Waals surface area contributed by atoms with Crippen LogP contribution in [0.1, 0.15) is 12.5 Å². The molecule has 0 heterocycles. The molecule has 0 saturated heterocycles. The lowest BCUT2D eigenvalue weighted by Gasteiger charge is -2.32. The van der Waals surface area contributed by atoms with Gasteiger partial charge in [0, 0.05) is 18.6 Å². The van der Waals surface area contributed by atoms with Crippen LogP contribution in [-0.2, 0) is 26.2 Å². The van der Waals surface area contributed by atoms with Gasteiger partial charge in [0.25, 0.3) is 10.0 Å². The summed E-state index contributed by atoms with van der Waals surface area (Å²) in [5, 5.41) is 3.10. The van der Waals surface area contributed by atoms with Crippen molar-refractivity contribution >= 4 is 62.3 Å². The predicted octanol–water partition coefficient (Wildman–Crippen LogP) is 5.01. The van der Waals surface area contributed by atoms with E-state index in [1.54, 1.807) is 55.5 Å². The predicted molar refractivity (Wildman–Crippen MR) is 143 cm³/mol. The molecule has 0 aromatic heterocycles. The van der Waals surface area contributed by atoms with Crippen LogP contribution in [0.15, 0.2) is 77.7 Å². The summed E-state index contributed by atoms with van der Waals surface area (Å²) in [6.07, 6.45) is 0. The molecule has 3 aromatic rings. The number of nitrogens with zero attached hydrogens (tertiary/aromatic N) is 2. The Labute approximate surface area is 225 Å². The van der Waals surface area contributed by atoms with Gasteiger partial charge in [-0.05, 0) is 48.9 Å². The van der Waals surface area contributed by atoms with Crippen LogP contribution in [0, 0.1) is 0 Å². The average Bonchev–Trinajstić information content (AvgIpc) is 2.87. The number of benzene rings is 3. The molecule has 0 spiro atoms. The first kappa shape index (κ1) is 27.8. The van der Waals surface area contributed by atoms with E-state index in [-0.39, 0.29) is 27.2 Å².